The van der Waals surface area contributed by atoms with Crippen molar-refractivity contribution in [3.8, 4) is 0 Å². The van der Waals surface area contributed by atoms with Crippen LogP contribution in [0.1, 0.15) is 24.0 Å². The molecule has 1 heterocycles. The maximum absolute atomic E-state index is 5.19. The number of aryl methyl sites for hydroxylation is 1. The quantitative estimate of drug-likeness (QED) is 0.658. The summed E-state index contributed by atoms with van der Waals surface area (Å²) in [6.07, 6.45) is 2.02. The van der Waals surface area contributed by atoms with Gasteiger partial charge < -0.3 is 4.42 Å². The van der Waals surface area contributed by atoms with Crippen molar-refractivity contribution < 1.29 is 4.42 Å². The fourth-order valence-electron chi connectivity index (χ4n) is 0.577. The molecular formula is C6H10N2OS. The van der Waals surface area contributed by atoms with Crippen molar-refractivity contribution in [1.82, 2.24) is 10.2 Å². The molecule has 0 unspecified atom stereocenters. The molecule has 10 heavy (non-hydrogen) atoms. The third-order valence-corrected chi connectivity index (χ3v) is 2.15. The lowest BCUT2D eigenvalue weighted by molar-refractivity contribution is 0.470. The minimum Gasteiger partial charge on any atom is -0.424 e. The van der Waals surface area contributed by atoms with Crippen molar-refractivity contribution in [2.24, 2.45) is 0 Å². The van der Waals surface area contributed by atoms with Gasteiger partial charge in [0.1, 0.15) is 0 Å². The number of rotatable bonds is 2. The molecular weight excluding hydrogens is 148 g/mol. The van der Waals surface area contributed by atoms with Gasteiger partial charge in [0.15, 0.2) is 0 Å². The van der Waals surface area contributed by atoms with Crippen LogP contribution >= 0.6 is 11.8 Å². The average molecular weight is 158 g/mol. The minimum atomic E-state index is 0.307. The third kappa shape index (κ3) is 1.50. The first-order chi connectivity index (χ1) is 4.74. The van der Waals surface area contributed by atoms with Gasteiger partial charge in [0.2, 0.25) is 11.8 Å². The van der Waals surface area contributed by atoms with Crippen LogP contribution in [0.15, 0.2) is 4.42 Å². The summed E-state index contributed by atoms with van der Waals surface area (Å²) >= 11 is 1.69. The van der Waals surface area contributed by atoms with E-state index in [1.165, 1.54) is 0 Å². The smallest absolute Gasteiger partial charge is 0.229 e. The lowest BCUT2D eigenvalue weighted by Gasteiger charge is -1.98. The van der Waals surface area contributed by atoms with E-state index in [2.05, 4.69) is 10.2 Å². The SMILES string of the molecule is CS[C@H](C)c1nnc(C)o1. The van der Waals surface area contributed by atoms with E-state index in [1.807, 2.05) is 13.2 Å². The van der Waals surface area contributed by atoms with E-state index in [9.17, 15) is 0 Å². The molecule has 4 heteroatoms. The van der Waals surface area contributed by atoms with Crippen LogP contribution in [0.4, 0.5) is 0 Å². The first kappa shape index (κ1) is 7.60. The van der Waals surface area contributed by atoms with Crippen molar-refractivity contribution in [2.75, 3.05) is 6.26 Å². The number of hydrogen-bond acceptors (Lipinski definition) is 4. The molecule has 1 aromatic rings. The third-order valence-electron chi connectivity index (χ3n) is 1.24. The van der Waals surface area contributed by atoms with Crippen molar-refractivity contribution in [2.45, 2.75) is 19.1 Å². The predicted molar refractivity (Wildman–Crippen MR) is 41.0 cm³/mol. The van der Waals surface area contributed by atoms with Crippen LogP contribution in [0.25, 0.3) is 0 Å². The Morgan fingerprint density at radius 1 is 1.50 bits per heavy atom. The molecule has 1 atom stereocenters. The standard InChI is InChI=1S/C6H10N2OS/c1-4(10-3)6-8-7-5(2)9-6/h4H,1-3H3/t4-/m1/s1. The Kier molecular flexibility index (Phi) is 2.32. The largest absolute Gasteiger partial charge is 0.424 e. The summed E-state index contributed by atoms with van der Waals surface area (Å²) in [5, 5.41) is 7.91. The van der Waals surface area contributed by atoms with E-state index in [0.29, 0.717) is 17.0 Å². The summed E-state index contributed by atoms with van der Waals surface area (Å²) in [4.78, 5) is 0. The molecule has 0 fully saturated rings. The Balaban J connectivity index is 2.74. The van der Waals surface area contributed by atoms with E-state index >= 15 is 0 Å². The Hall–Kier alpha value is -0.510. The number of hydrogen-bond donors (Lipinski definition) is 0. The average Bonchev–Trinajstić information content (AvgIpc) is 2.34. The highest BCUT2D eigenvalue weighted by molar-refractivity contribution is 7.98. The van der Waals surface area contributed by atoms with Crippen molar-refractivity contribution >= 4 is 11.8 Å². The van der Waals surface area contributed by atoms with Gasteiger partial charge in [-0.3, -0.25) is 0 Å². The lowest BCUT2D eigenvalue weighted by atomic mass is 10.5. The van der Waals surface area contributed by atoms with Crippen LogP contribution in [0.3, 0.4) is 0 Å². The predicted octanol–water partition coefficient (Wildman–Crippen LogP) is 1.80. The van der Waals surface area contributed by atoms with Crippen LogP contribution < -0.4 is 0 Å². The second-order valence-electron chi connectivity index (χ2n) is 2.04. The van der Waals surface area contributed by atoms with Gasteiger partial charge in [-0.25, -0.2) is 0 Å². The van der Waals surface area contributed by atoms with Gasteiger partial charge in [0.25, 0.3) is 0 Å². The van der Waals surface area contributed by atoms with E-state index in [1.54, 1.807) is 18.7 Å². The van der Waals surface area contributed by atoms with E-state index < -0.39 is 0 Å². The second-order valence-corrected chi connectivity index (χ2v) is 3.22. The van der Waals surface area contributed by atoms with Gasteiger partial charge in [-0.2, -0.15) is 11.8 Å². The van der Waals surface area contributed by atoms with E-state index in [-0.39, 0.29) is 0 Å². The molecule has 0 bridgehead atoms. The molecule has 3 nitrogen and oxygen atoms in total. The molecule has 0 aliphatic carbocycles. The highest BCUT2D eigenvalue weighted by atomic mass is 32.2. The fourth-order valence-corrected chi connectivity index (χ4v) is 0.874. The molecule has 0 spiro atoms. The molecule has 0 aliphatic rings. The first-order valence-electron chi connectivity index (χ1n) is 3.07. The van der Waals surface area contributed by atoms with Crippen LogP contribution in [0, 0.1) is 6.92 Å². The Morgan fingerprint density at radius 3 is 2.60 bits per heavy atom. The molecule has 0 N–H and O–H groups in total. The molecule has 1 aromatic heterocycles. The summed E-state index contributed by atoms with van der Waals surface area (Å²) in [6, 6.07) is 0. The molecule has 0 aromatic carbocycles. The number of nitrogens with zero attached hydrogens (tertiary/aromatic N) is 2. The number of thioether (sulfide) groups is 1. The van der Waals surface area contributed by atoms with E-state index in [4.69, 9.17) is 4.42 Å². The molecule has 0 saturated heterocycles. The fraction of sp³-hybridized carbons (Fsp3) is 0.667. The summed E-state index contributed by atoms with van der Waals surface area (Å²) in [7, 11) is 0. The van der Waals surface area contributed by atoms with Crippen LogP contribution in [0.2, 0.25) is 0 Å². The summed E-state index contributed by atoms with van der Waals surface area (Å²) < 4.78 is 5.19. The van der Waals surface area contributed by atoms with Crippen molar-refractivity contribution in [3.63, 3.8) is 0 Å². The molecule has 0 amide bonds. The summed E-state index contributed by atoms with van der Waals surface area (Å²) in [5.74, 6) is 1.35. The highest BCUT2D eigenvalue weighted by Gasteiger charge is 2.09. The van der Waals surface area contributed by atoms with Gasteiger partial charge in [-0.05, 0) is 13.2 Å². The van der Waals surface area contributed by atoms with Crippen molar-refractivity contribution in [3.05, 3.63) is 11.8 Å². The number of aromatic nitrogens is 2. The zero-order valence-electron chi connectivity index (χ0n) is 6.29. The minimum absolute atomic E-state index is 0.307. The van der Waals surface area contributed by atoms with Crippen LogP contribution in [-0.2, 0) is 0 Å². The maximum atomic E-state index is 5.19. The Labute approximate surface area is 64.2 Å². The van der Waals surface area contributed by atoms with Gasteiger partial charge in [-0.1, -0.05) is 0 Å². The maximum Gasteiger partial charge on any atom is 0.229 e. The van der Waals surface area contributed by atoms with Gasteiger partial charge in [0.05, 0.1) is 5.25 Å². The molecule has 0 radical (unpaired) electrons. The van der Waals surface area contributed by atoms with Gasteiger partial charge in [-0.15, -0.1) is 10.2 Å². The second kappa shape index (κ2) is 3.05. The van der Waals surface area contributed by atoms with Crippen LogP contribution in [-0.4, -0.2) is 16.5 Å². The normalized spacial score (nSPS) is 13.5. The van der Waals surface area contributed by atoms with Crippen molar-refractivity contribution in [1.29, 1.82) is 0 Å². The van der Waals surface area contributed by atoms with E-state index in [0.717, 1.165) is 0 Å². The molecule has 56 valence electrons. The zero-order chi connectivity index (χ0) is 7.56. The van der Waals surface area contributed by atoms with Gasteiger partial charge >= 0.3 is 0 Å². The monoisotopic (exact) mass is 158 g/mol. The first-order valence-corrected chi connectivity index (χ1v) is 4.35. The van der Waals surface area contributed by atoms with Gasteiger partial charge in [0, 0.05) is 6.92 Å². The summed E-state index contributed by atoms with van der Waals surface area (Å²) in [5.41, 5.74) is 0. The lowest BCUT2D eigenvalue weighted by Crippen LogP contribution is -1.86. The highest BCUT2D eigenvalue weighted by Crippen LogP contribution is 2.23. The zero-order valence-corrected chi connectivity index (χ0v) is 7.10. The summed E-state index contributed by atoms with van der Waals surface area (Å²) in [6.45, 7) is 3.83. The van der Waals surface area contributed by atoms with Crippen LogP contribution in [0.5, 0.6) is 0 Å². The topological polar surface area (TPSA) is 38.9 Å². The molecule has 0 aliphatic heterocycles. The Bertz CT molecular complexity index is 211. The Morgan fingerprint density at radius 2 is 2.20 bits per heavy atom. The molecule has 0 saturated carbocycles. The molecule has 1 rings (SSSR count).